The molecule has 0 radical (unpaired) electrons. The maximum absolute atomic E-state index is 12.9. The van der Waals surface area contributed by atoms with Crippen molar-refractivity contribution < 1.29 is 17.9 Å². The van der Waals surface area contributed by atoms with Gasteiger partial charge in [-0.2, -0.15) is 9.57 Å². The summed E-state index contributed by atoms with van der Waals surface area (Å²) in [6, 6.07) is 16.1. The van der Waals surface area contributed by atoms with Gasteiger partial charge >= 0.3 is 0 Å². The van der Waals surface area contributed by atoms with Crippen molar-refractivity contribution in [2.75, 3.05) is 69.2 Å². The van der Waals surface area contributed by atoms with Gasteiger partial charge < -0.3 is 15.0 Å². The molecule has 0 unspecified atom stereocenters. The van der Waals surface area contributed by atoms with E-state index in [2.05, 4.69) is 21.2 Å². The van der Waals surface area contributed by atoms with Gasteiger partial charge in [0.1, 0.15) is 0 Å². The average molecular weight is 484 g/mol. The van der Waals surface area contributed by atoms with Crippen LogP contribution in [0.15, 0.2) is 53.4 Å². The van der Waals surface area contributed by atoms with Crippen molar-refractivity contribution >= 4 is 27.3 Å². The van der Waals surface area contributed by atoms with Crippen LogP contribution in [0.25, 0.3) is 0 Å². The summed E-state index contributed by atoms with van der Waals surface area (Å²) in [5.41, 5.74) is 2.18. The van der Waals surface area contributed by atoms with Gasteiger partial charge in [0, 0.05) is 50.6 Å². The molecule has 1 amide bonds. The summed E-state index contributed by atoms with van der Waals surface area (Å²) in [6.07, 6.45) is 0.917. The normalized spacial score (nSPS) is 18.1. The largest absolute Gasteiger partial charge is 0.379 e. The Morgan fingerprint density at radius 3 is 2.50 bits per heavy atom. The summed E-state index contributed by atoms with van der Waals surface area (Å²) in [6.45, 7) is 4.85. The maximum Gasteiger partial charge on any atom is 0.243 e. The first-order chi connectivity index (χ1) is 16.5. The molecule has 0 bridgehead atoms. The fraction of sp³-hybridized carbons (Fsp3) is 0.417. The van der Waals surface area contributed by atoms with E-state index >= 15 is 0 Å². The van der Waals surface area contributed by atoms with Gasteiger partial charge in [-0.1, -0.05) is 6.07 Å². The molecule has 34 heavy (non-hydrogen) atoms. The molecule has 180 valence electrons. The van der Waals surface area contributed by atoms with Gasteiger partial charge in [0.15, 0.2) is 0 Å². The van der Waals surface area contributed by atoms with E-state index in [9.17, 15) is 13.2 Å². The number of hydrogen-bond acceptors (Lipinski definition) is 7. The summed E-state index contributed by atoms with van der Waals surface area (Å²) in [4.78, 5) is 17.2. The lowest BCUT2D eigenvalue weighted by atomic mass is 10.2. The molecule has 0 saturated carbocycles. The molecule has 4 rings (SSSR count). The van der Waals surface area contributed by atoms with E-state index in [1.54, 1.807) is 18.2 Å². The molecule has 2 fully saturated rings. The molecule has 0 aromatic heterocycles. The first-order valence-electron chi connectivity index (χ1n) is 11.4. The van der Waals surface area contributed by atoms with Gasteiger partial charge in [0.2, 0.25) is 15.9 Å². The fourth-order valence-electron chi connectivity index (χ4n) is 4.21. The molecule has 2 aliphatic rings. The maximum atomic E-state index is 12.9. The number of nitrogens with one attached hydrogen (secondary N) is 1. The van der Waals surface area contributed by atoms with Crippen molar-refractivity contribution in [2.24, 2.45) is 0 Å². The van der Waals surface area contributed by atoms with Crippen molar-refractivity contribution in [3.8, 4) is 6.07 Å². The van der Waals surface area contributed by atoms with E-state index in [4.69, 9.17) is 10.00 Å². The number of carbonyl (C=O) groups excluding carboxylic acids is 1. The molecule has 2 saturated heterocycles. The Bertz CT molecular complexity index is 1140. The number of nitrogens with zero attached hydrogens (tertiary/aromatic N) is 4. The number of benzene rings is 2. The molecule has 2 aromatic carbocycles. The Balaban J connectivity index is 1.33. The minimum atomic E-state index is -3.62. The summed E-state index contributed by atoms with van der Waals surface area (Å²) < 4.78 is 32.4. The zero-order valence-electron chi connectivity index (χ0n) is 19.0. The third kappa shape index (κ3) is 5.93. The third-order valence-electron chi connectivity index (χ3n) is 6.04. The first-order valence-corrected chi connectivity index (χ1v) is 12.8. The lowest BCUT2D eigenvalue weighted by Gasteiger charge is -2.26. The number of sulfonamides is 1. The average Bonchev–Trinajstić information content (AvgIpc) is 3.10. The highest BCUT2D eigenvalue weighted by Gasteiger charge is 2.26. The minimum absolute atomic E-state index is 0.167. The predicted molar refractivity (Wildman–Crippen MR) is 129 cm³/mol. The first kappa shape index (κ1) is 24.2. The number of amides is 1. The van der Waals surface area contributed by atoms with Gasteiger partial charge in [0.25, 0.3) is 0 Å². The SMILES string of the molecule is N#Cc1ccc(N2CCCN(CC(=O)Nc3cccc(S(=O)(=O)N4CCOCC4)c3)CC2)cc1. The van der Waals surface area contributed by atoms with Gasteiger partial charge in [-0.05, 0) is 48.9 Å². The van der Waals surface area contributed by atoms with E-state index in [0.29, 0.717) is 37.6 Å². The van der Waals surface area contributed by atoms with Gasteiger partial charge in [-0.15, -0.1) is 0 Å². The molecule has 9 nitrogen and oxygen atoms in total. The van der Waals surface area contributed by atoms with Crippen molar-refractivity contribution in [1.82, 2.24) is 9.21 Å². The number of nitriles is 1. The van der Waals surface area contributed by atoms with E-state index < -0.39 is 10.0 Å². The number of rotatable bonds is 6. The Morgan fingerprint density at radius 1 is 1.00 bits per heavy atom. The van der Waals surface area contributed by atoms with E-state index in [1.165, 1.54) is 10.4 Å². The zero-order chi connectivity index (χ0) is 24.0. The van der Waals surface area contributed by atoms with E-state index in [0.717, 1.165) is 38.3 Å². The fourth-order valence-corrected chi connectivity index (χ4v) is 5.66. The molecule has 0 spiro atoms. The molecule has 0 atom stereocenters. The highest BCUT2D eigenvalue weighted by Crippen LogP contribution is 2.21. The monoisotopic (exact) mass is 483 g/mol. The van der Waals surface area contributed by atoms with Gasteiger partial charge in [-0.3, -0.25) is 9.69 Å². The van der Waals surface area contributed by atoms with Crippen LogP contribution in [0, 0.1) is 11.3 Å². The smallest absolute Gasteiger partial charge is 0.243 e. The Labute approximate surface area is 200 Å². The number of anilines is 2. The lowest BCUT2D eigenvalue weighted by Crippen LogP contribution is -2.40. The van der Waals surface area contributed by atoms with Crippen molar-refractivity contribution in [3.63, 3.8) is 0 Å². The van der Waals surface area contributed by atoms with Crippen LogP contribution in [0.1, 0.15) is 12.0 Å². The van der Waals surface area contributed by atoms with Crippen LogP contribution in [0.3, 0.4) is 0 Å². The topological polar surface area (TPSA) is 106 Å². The van der Waals surface area contributed by atoms with Crippen LogP contribution in [0.4, 0.5) is 11.4 Å². The number of morpholine rings is 1. The summed E-state index contributed by atoms with van der Waals surface area (Å²) in [7, 11) is -3.62. The quantitative estimate of drug-likeness (QED) is 0.667. The van der Waals surface area contributed by atoms with Crippen LogP contribution < -0.4 is 10.2 Å². The summed E-state index contributed by atoms with van der Waals surface area (Å²) >= 11 is 0. The van der Waals surface area contributed by atoms with E-state index in [1.807, 2.05) is 24.3 Å². The standard InChI is InChI=1S/C24H29N5O4S/c25-18-20-5-7-22(8-6-20)28-10-2-9-27(11-12-28)19-24(30)26-21-3-1-4-23(17-21)34(31,32)29-13-15-33-16-14-29/h1,3-8,17H,2,9-16,19H2,(H,26,30). The second kappa shape index (κ2) is 11.0. The molecule has 10 heteroatoms. The van der Waals surface area contributed by atoms with E-state index in [-0.39, 0.29) is 17.3 Å². The molecule has 1 N–H and O–H groups in total. The van der Waals surface area contributed by atoms with Gasteiger partial charge in [0.05, 0.1) is 36.3 Å². The lowest BCUT2D eigenvalue weighted by molar-refractivity contribution is -0.117. The van der Waals surface area contributed by atoms with Crippen LogP contribution in [-0.2, 0) is 19.6 Å². The molecule has 2 heterocycles. The molecule has 0 aliphatic carbocycles. The highest BCUT2D eigenvalue weighted by atomic mass is 32.2. The van der Waals surface area contributed by atoms with Crippen LogP contribution in [0.5, 0.6) is 0 Å². The second-order valence-electron chi connectivity index (χ2n) is 8.37. The minimum Gasteiger partial charge on any atom is -0.379 e. The molecular weight excluding hydrogens is 454 g/mol. The van der Waals surface area contributed by atoms with Crippen molar-refractivity contribution in [1.29, 1.82) is 5.26 Å². The molecular formula is C24H29N5O4S. The molecule has 2 aromatic rings. The highest BCUT2D eigenvalue weighted by molar-refractivity contribution is 7.89. The Hall–Kier alpha value is -2.97. The number of carbonyl (C=O) groups is 1. The number of ether oxygens (including phenoxy) is 1. The third-order valence-corrected chi connectivity index (χ3v) is 7.94. The summed E-state index contributed by atoms with van der Waals surface area (Å²) in [5, 5.41) is 11.8. The van der Waals surface area contributed by atoms with Crippen molar-refractivity contribution in [3.05, 3.63) is 54.1 Å². The summed E-state index contributed by atoms with van der Waals surface area (Å²) in [5.74, 6) is -0.173. The van der Waals surface area contributed by atoms with Crippen LogP contribution >= 0.6 is 0 Å². The predicted octanol–water partition coefficient (Wildman–Crippen LogP) is 1.73. The van der Waals surface area contributed by atoms with Gasteiger partial charge in [-0.25, -0.2) is 8.42 Å². The Kier molecular flexibility index (Phi) is 7.80. The van der Waals surface area contributed by atoms with Crippen molar-refractivity contribution in [2.45, 2.75) is 11.3 Å². The van der Waals surface area contributed by atoms with Crippen LogP contribution in [-0.4, -0.2) is 82.6 Å². The zero-order valence-corrected chi connectivity index (χ0v) is 19.8. The second-order valence-corrected chi connectivity index (χ2v) is 10.3. The van der Waals surface area contributed by atoms with Crippen LogP contribution in [0.2, 0.25) is 0 Å². The Morgan fingerprint density at radius 2 is 1.76 bits per heavy atom. The number of hydrogen-bond donors (Lipinski definition) is 1. The molecule has 2 aliphatic heterocycles.